The number of carbonyl (C=O) groups excluding carboxylic acids is 1. The van der Waals surface area contributed by atoms with Crippen LogP contribution >= 0.6 is 0 Å². The fourth-order valence-electron chi connectivity index (χ4n) is 1.99. The molecule has 2 aromatic carbocycles. The van der Waals surface area contributed by atoms with Crippen molar-refractivity contribution in [3.63, 3.8) is 0 Å². The van der Waals surface area contributed by atoms with Gasteiger partial charge in [-0.15, -0.1) is 0 Å². The highest BCUT2D eigenvalue weighted by atomic mass is 19.4. The molecule has 0 aromatic heterocycles. The monoisotopic (exact) mass is 387 g/mol. The Morgan fingerprint density at radius 3 is 2.52 bits per heavy atom. The quantitative estimate of drug-likeness (QED) is 0.448. The summed E-state index contributed by atoms with van der Waals surface area (Å²) in [6.45, 7) is 1.34. The van der Waals surface area contributed by atoms with Gasteiger partial charge >= 0.3 is 6.18 Å². The van der Waals surface area contributed by atoms with E-state index < -0.39 is 40.2 Å². The maximum atomic E-state index is 13.1. The molecule has 7 nitrogen and oxygen atoms in total. The van der Waals surface area contributed by atoms with E-state index in [1.807, 2.05) is 0 Å². The van der Waals surface area contributed by atoms with Crippen molar-refractivity contribution in [2.45, 2.75) is 19.2 Å². The summed E-state index contributed by atoms with van der Waals surface area (Å²) in [6.07, 6.45) is -5.87. The lowest BCUT2D eigenvalue weighted by molar-refractivity contribution is -0.384. The first-order valence-corrected chi connectivity index (χ1v) is 7.41. The Labute approximate surface area is 150 Å². The maximum Gasteiger partial charge on any atom is 0.416 e. The number of anilines is 1. The van der Waals surface area contributed by atoms with E-state index in [1.54, 1.807) is 0 Å². The summed E-state index contributed by atoms with van der Waals surface area (Å²) in [7, 11) is 0. The molecule has 2 rings (SSSR count). The molecule has 1 atom stereocenters. The van der Waals surface area contributed by atoms with E-state index >= 15 is 0 Å². The number of nitrogens with one attached hydrogen (secondary N) is 2. The van der Waals surface area contributed by atoms with Crippen LogP contribution < -0.4 is 15.6 Å². The number of nitro benzene ring substituents is 1. The van der Waals surface area contributed by atoms with Gasteiger partial charge in [-0.25, -0.2) is 4.39 Å². The van der Waals surface area contributed by atoms with E-state index in [9.17, 15) is 32.5 Å². The summed E-state index contributed by atoms with van der Waals surface area (Å²) in [5.41, 5.74) is 1.86. The second kappa shape index (κ2) is 7.89. The molecular weight excluding hydrogens is 374 g/mol. The van der Waals surface area contributed by atoms with Crippen LogP contribution in [0.1, 0.15) is 12.5 Å². The number of hydrogen-bond donors (Lipinski definition) is 2. The summed E-state index contributed by atoms with van der Waals surface area (Å²) in [6, 6.07) is 6.83. The van der Waals surface area contributed by atoms with Gasteiger partial charge in [0, 0.05) is 12.1 Å². The van der Waals surface area contributed by atoms with E-state index in [4.69, 9.17) is 4.74 Å². The highest BCUT2D eigenvalue weighted by Crippen LogP contribution is 2.34. The number of amides is 1. The third kappa shape index (κ3) is 5.30. The van der Waals surface area contributed by atoms with Crippen molar-refractivity contribution < 1.29 is 32.0 Å². The minimum atomic E-state index is -4.75. The average molecular weight is 387 g/mol. The third-order valence-corrected chi connectivity index (χ3v) is 3.32. The zero-order valence-corrected chi connectivity index (χ0v) is 13.7. The van der Waals surface area contributed by atoms with Crippen molar-refractivity contribution in [1.29, 1.82) is 0 Å². The van der Waals surface area contributed by atoms with Crippen LogP contribution in [-0.4, -0.2) is 16.9 Å². The Morgan fingerprint density at radius 2 is 1.93 bits per heavy atom. The minimum absolute atomic E-state index is 0.0816. The van der Waals surface area contributed by atoms with Crippen molar-refractivity contribution >= 4 is 17.3 Å². The van der Waals surface area contributed by atoms with E-state index in [-0.39, 0.29) is 11.4 Å². The predicted octanol–water partition coefficient (Wildman–Crippen LogP) is 3.66. The van der Waals surface area contributed by atoms with Crippen molar-refractivity contribution in [2.24, 2.45) is 0 Å². The Hall–Kier alpha value is -3.37. The first kappa shape index (κ1) is 19.9. The molecule has 0 heterocycles. The topological polar surface area (TPSA) is 93.5 Å². The smallest absolute Gasteiger partial charge is 0.416 e. The number of alkyl halides is 3. The van der Waals surface area contributed by atoms with Crippen LogP contribution in [0.15, 0.2) is 42.5 Å². The second-order valence-corrected chi connectivity index (χ2v) is 5.32. The zero-order chi connectivity index (χ0) is 20.2. The van der Waals surface area contributed by atoms with Gasteiger partial charge in [0.1, 0.15) is 17.3 Å². The van der Waals surface area contributed by atoms with Crippen LogP contribution in [0, 0.1) is 15.9 Å². The molecule has 0 saturated heterocycles. The number of carbonyl (C=O) groups is 1. The minimum Gasteiger partial charge on any atom is -0.481 e. The highest BCUT2D eigenvalue weighted by Gasteiger charge is 2.33. The fraction of sp³-hybridized carbons (Fsp3) is 0.188. The Balaban J connectivity index is 2.06. The molecule has 2 N–H and O–H groups in total. The number of hydrogen-bond acceptors (Lipinski definition) is 5. The summed E-state index contributed by atoms with van der Waals surface area (Å²) in [4.78, 5) is 21.9. The molecule has 0 bridgehead atoms. The normalized spacial score (nSPS) is 12.2. The second-order valence-electron chi connectivity index (χ2n) is 5.32. The van der Waals surface area contributed by atoms with Gasteiger partial charge in [0.2, 0.25) is 0 Å². The lowest BCUT2D eigenvalue weighted by Gasteiger charge is -2.16. The molecule has 0 aliphatic rings. The molecule has 0 aliphatic heterocycles. The third-order valence-electron chi connectivity index (χ3n) is 3.32. The summed E-state index contributed by atoms with van der Waals surface area (Å²) in [5.74, 6) is -1.27. The highest BCUT2D eigenvalue weighted by molar-refractivity contribution is 5.82. The summed E-state index contributed by atoms with van der Waals surface area (Å²) in [5, 5.41) is 11.0. The van der Waals surface area contributed by atoms with Gasteiger partial charge < -0.3 is 4.74 Å². The maximum absolute atomic E-state index is 13.1. The van der Waals surface area contributed by atoms with Crippen molar-refractivity contribution in [1.82, 2.24) is 5.43 Å². The molecule has 1 unspecified atom stereocenters. The van der Waals surface area contributed by atoms with Gasteiger partial charge in [-0.3, -0.25) is 25.8 Å². The number of rotatable bonds is 6. The molecule has 0 radical (unpaired) electrons. The van der Waals surface area contributed by atoms with Gasteiger partial charge in [0.25, 0.3) is 11.6 Å². The van der Waals surface area contributed by atoms with E-state index in [2.05, 4.69) is 10.9 Å². The van der Waals surface area contributed by atoms with E-state index in [0.717, 1.165) is 12.1 Å². The Bertz CT molecular complexity index is 858. The molecule has 0 spiro atoms. The fourth-order valence-corrected chi connectivity index (χ4v) is 1.99. The van der Waals surface area contributed by atoms with Crippen LogP contribution in [-0.2, 0) is 11.0 Å². The average Bonchev–Trinajstić information content (AvgIpc) is 2.58. The Morgan fingerprint density at radius 1 is 1.22 bits per heavy atom. The van der Waals surface area contributed by atoms with E-state index in [0.29, 0.717) is 12.1 Å². The molecule has 0 saturated carbocycles. The van der Waals surface area contributed by atoms with E-state index in [1.165, 1.54) is 25.1 Å². The van der Waals surface area contributed by atoms with Crippen LogP contribution in [0.4, 0.5) is 28.9 Å². The first-order chi connectivity index (χ1) is 12.6. The number of ether oxygens (including phenoxy) is 1. The molecule has 1 amide bonds. The van der Waals surface area contributed by atoms with Crippen LogP contribution in [0.3, 0.4) is 0 Å². The molecule has 144 valence electrons. The largest absolute Gasteiger partial charge is 0.481 e. The summed E-state index contributed by atoms with van der Waals surface area (Å²) >= 11 is 0. The van der Waals surface area contributed by atoms with Crippen LogP contribution in [0.5, 0.6) is 5.75 Å². The number of nitro groups is 1. The van der Waals surface area contributed by atoms with Crippen molar-refractivity contribution in [3.05, 3.63) is 64.0 Å². The molecule has 0 fully saturated rings. The van der Waals surface area contributed by atoms with Crippen LogP contribution in [0.25, 0.3) is 0 Å². The van der Waals surface area contributed by atoms with Crippen molar-refractivity contribution in [3.8, 4) is 5.75 Å². The van der Waals surface area contributed by atoms with Gasteiger partial charge in [-0.1, -0.05) is 6.07 Å². The lowest BCUT2D eigenvalue weighted by atomic mass is 10.1. The molecular formula is C16H13F4N3O4. The first-order valence-electron chi connectivity index (χ1n) is 7.41. The SMILES string of the molecule is CC(Oc1cccc(F)c1)C(=O)NNc1ccc(C(F)(F)F)cc1[N+](=O)[O-]. The number of nitrogens with zero attached hydrogens (tertiary/aromatic N) is 1. The lowest BCUT2D eigenvalue weighted by Crippen LogP contribution is -2.39. The van der Waals surface area contributed by atoms with Gasteiger partial charge in [-0.05, 0) is 31.2 Å². The van der Waals surface area contributed by atoms with Crippen LogP contribution in [0.2, 0.25) is 0 Å². The van der Waals surface area contributed by atoms with Crippen molar-refractivity contribution in [2.75, 3.05) is 5.43 Å². The number of halogens is 4. The molecule has 2 aromatic rings. The number of benzene rings is 2. The van der Waals surface area contributed by atoms with Gasteiger partial charge in [-0.2, -0.15) is 13.2 Å². The summed E-state index contributed by atoms with van der Waals surface area (Å²) < 4.78 is 56.3. The molecule has 11 heteroatoms. The molecule has 27 heavy (non-hydrogen) atoms. The Kier molecular flexibility index (Phi) is 5.83. The zero-order valence-electron chi connectivity index (χ0n) is 13.7. The number of hydrazine groups is 1. The standard InChI is InChI=1S/C16H13F4N3O4/c1-9(27-12-4-2-3-11(17)8-12)15(24)22-21-13-6-5-10(16(18,19)20)7-14(13)23(25)26/h2-9,21H,1H3,(H,22,24). The molecule has 0 aliphatic carbocycles. The van der Waals surface area contributed by atoms with Gasteiger partial charge in [0.05, 0.1) is 10.5 Å². The predicted molar refractivity (Wildman–Crippen MR) is 86.4 cm³/mol. The van der Waals surface area contributed by atoms with Gasteiger partial charge in [0.15, 0.2) is 6.10 Å².